The summed E-state index contributed by atoms with van der Waals surface area (Å²) in [5.74, 6) is -1.59. The van der Waals surface area contributed by atoms with Crippen LogP contribution in [0.3, 0.4) is 0 Å². The first-order valence-electron chi connectivity index (χ1n) is 13.6. The van der Waals surface area contributed by atoms with Gasteiger partial charge in [-0.05, 0) is 30.9 Å². The molecule has 0 aliphatic carbocycles. The van der Waals surface area contributed by atoms with Gasteiger partial charge in [-0.3, -0.25) is 0 Å². The minimum absolute atomic E-state index is 0.111. The Labute approximate surface area is 202 Å². The first kappa shape index (κ1) is 29.2. The van der Waals surface area contributed by atoms with Gasteiger partial charge in [0.2, 0.25) is 0 Å². The van der Waals surface area contributed by atoms with Gasteiger partial charge in [0.1, 0.15) is 0 Å². The Morgan fingerprint density at radius 1 is 0.697 bits per heavy atom. The lowest BCUT2D eigenvalue weighted by Gasteiger charge is -2.11. The molecule has 1 rings (SSSR count). The van der Waals surface area contributed by atoms with E-state index in [4.69, 9.17) is 4.74 Å². The van der Waals surface area contributed by atoms with Gasteiger partial charge in [-0.15, -0.1) is 0 Å². The van der Waals surface area contributed by atoms with Crippen LogP contribution in [-0.4, -0.2) is 23.7 Å². The molecule has 4 heteroatoms. The summed E-state index contributed by atoms with van der Waals surface area (Å²) in [5, 5.41) is 9.65. The van der Waals surface area contributed by atoms with Gasteiger partial charge in [0.15, 0.2) is 0 Å². The molecule has 188 valence electrons. The largest absolute Gasteiger partial charge is 0.478 e. The molecule has 0 bridgehead atoms. The summed E-state index contributed by atoms with van der Waals surface area (Å²) in [6, 6.07) is 5.14. The second-order valence-electron chi connectivity index (χ2n) is 9.33. The smallest absolute Gasteiger partial charge is 0.339 e. The summed E-state index contributed by atoms with van der Waals surface area (Å²) in [4.78, 5) is 24.0. The third kappa shape index (κ3) is 13.5. The molecule has 0 atom stereocenters. The van der Waals surface area contributed by atoms with Crippen LogP contribution in [0.1, 0.15) is 149 Å². The van der Waals surface area contributed by atoms with Crippen molar-refractivity contribution in [2.45, 2.75) is 129 Å². The number of hydrogen-bond donors (Lipinski definition) is 1. The van der Waals surface area contributed by atoms with E-state index in [-0.39, 0.29) is 11.1 Å². The van der Waals surface area contributed by atoms with Crippen molar-refractivity contribution in [3.63, 3.8) is 0 Å². The second kappa shape index (κ2) is 19.6. The number of carboxylic acid groups (broad SMARTS) is 1. The molecule has 33 heavy (non-hydrogen) atoms. The Morgan fingerprint density at radius 3 is 1.64 bits per heavy atom. The average molecular weight is 461 g/mol. The Hall–Kier alpha value is -1.84. The molecule has 1 N–H and O–H groups in total. The molecule has 0 aliphatic rings. The van der Waals surface area contributed by atoms with Gasteiger partial charge in [-0.2, -0.15) is 0 Å². The SMILES string of the molecule is CCCCCCCCCCCCCCCCCCc1cccc(C(=O)OCCC)c1C(=O)O. The summed E-state index contributed by atoms with van der Waals surface area (Å²) < 4.78 is 5.16. The highest BCUT2D eigenvalue weighted by molar-refractivity contribution is 6.03. The van der Waals surface area contributed by atoms with Crippen LogP contribution in [0, 0.1) is 0 Å². The maximum atomic E-state index is 12.2. The van der Waals surface area contributed by atoms with E-state index in [2.05, 4.69) is 6.92 Å². The Balaban J connectivity index is 2.14. The van der Waals surface area contributed by atoms with E-state index >= 15 is 0 Å². The molecule has 1 aromatic carbocycles. The molecule has 0 aliphatic heterocycles. The number of aryl methyl sites for hydroxylation is 1. The van der Waals surface area contributed by atoms with Crippen molar-refractivity contribution in [3.8, 4) is 0 Å². The van der Waals surface area contributed by atoms with E-state index in [0.717, 1.165) is 18.4 Å². The minimum atomic E-state index is -1.05. The van der Waals surface area contributed by atoms with Crippen molar-refractivity contribution in [1.29, 1.82) is 0 Å². The number of esters is 1. The summed E-state index contributed by atoms with van der Waals surface area (Å²) in [5.41, 5.74) is 1.02. The maximum Gasteiger partial charge on any atom is 0.339 e. The van der Waals surface area contributed by atoms with Gasteiger partial charge < -0.3 is 9.84 Å². The third-order valence-electron chi connectivity index (χ3n) is 6.32. The van der Waals surface area contributed by atoms with Gasteiger partial charge in [0, 0.05) is 0 Å². The van der Waals surface area contributed by atoms with Crippen molar-refractivity contribution >= 4 is 11.9 Å². The van der Waals surface area contributed by atoms with E-state index in [1.807, 2.05) is 13.0 Å². The first-order valence-corrected chi connectivity index (χ1v) is 13.6. The van der Waals surface area contributed by atoms with Crippen molar-refractivity contribution < 1.29 is 19.4 Å². The van der Waals surface area contributed by atoms with Gasteiger partial charge in [-0.1, -0.05) is 122 Å². The van der Waals surface area contributed by atoms with E-state index in [9.17, 15) is 14.7 Å². The van der Waals surface area contributed by atoms with Gasteiger partial charge in [0.25, 0.3) is 0 Å². The molecule has 0 spiro atoms. The van der Waals surface area contributed by atoms with Crippen LogP contribution in [0.2, 0.25) is 0 Å². The Morgan fingerprint density at radius 2 is 1.18 bits per heavy atom. The monoisotopic (exact) mass is 460 g/mol. The number of aromatic carboxylic acids is 1. The number of rotatable bonds is 21. The summed E-state index contributed by atoms with van der Waals surface area (Å²) in [7, 11) is 0. The fraction of sp³-hybridized carbons (Fsp3) is 0.724. The number of carbonyl (C=O) groups is 2. The van der Waals surface area contributed by atoms with Crippen LogP contribution < -0.4 is 0 Å². The average Bonchev–Trinajstić information content (AvgIpc) is 2.81. The number of hydrogen-bond acceptors (Lipinski definition) is 3. The first-order chi connectivity index (χ1) is 16.1. The number of ether oxygens (including phenoxy) is 1. The molecule has 0 saturated carbocycles. The van der Waals surface area contributed by atoms with Crippen LogP contribution in [-0.2, 0) is 11.2 Å². The Bertz CT molecular complexity index is 653. The van der Waals surface area contributed by atoms with Crippen molar-refractivity contribution in [2.24, 2.45) is 0 Å². The standard InChI is InChI=1S/C29H48O4/c1-3-5-6-7-8-9-10-11-12-13-14-15-16-17-18-19-21-25-22-20-23-26(27(25)28(30)31)29(32)33-24-4-2/h20,22-23H,3-19,21,24H2,1-2H3,(H,30,31). The summed E-state index contributed by atoms with van der Waals surface area (Å²) in [6.45, 7) is 4.49. The predicted molar refractivity (Wildman–Crippen MR) is 137 cm³/mol. The van der Waals surface area contributed by atoms with E-state index in [0.29, 0.717) is 19.4 Å². The third-order valence-corrected chi connectivity index (χ3v) is 6.32. The highest BCUT2D eigenvalue weighted by Crippen LogP contribution is 2.20. The molecule has 0 unspecified atom stereocenters. The van der Waals surface area contributed by atoms with E-state index < -0.39 is 11.9 Å². The van der Waals surface area contributed by atoms with Gasteiger partial charge >= 0.3 is 11.9 Å². The topological polar surface area (TPSA) is 63.6 Å². The second-order valence-corrected chi connectivity index (χ2v) is 9.33. The molecule has 0 amide bonds. The van der Waals surface area contributed by atoms with E-state index in [1.165, 1.54) is 89.9 Å². The molecule has 0 heterocycles. The van der Waals surface area contributed by atoms with E-state index in [1.54, 1.807) is 12.1 Å². The van der Waals surface area contributed by atoms with Crippen LogP contribution in [0.4, 0.5) is 0 Å². The number of unbranched alkanes of at least 4 members (excludes halogenated alkanes) is 15. The van der Waals surface area contributed by atoms with Crippen molar-refractivity contribution in [2.75, 3.05) is 6.61 Å². The lowest BCUT2D eigenvalue weighted by molar-refractivity contribution is 0.0494. The number of carboxylic acids is 1. The normalized spacial score (nSPS) is 11.0. The fourth-order valence-corrected chi connectivity index (χ4v) is 4.37. The van der Waals surface area contributed by atoms with Gasteiger partial charge in [0.05, 0.1) is 17.7 Å². The molecule has 4 nitrogen and oxygen atoms in total. The lowest BCUT2D eigenvalue weighted by atomic mass is 9.96. The highest BCUT2D eigenvalue weighted by atomic mass is 16.5. The zero-order chi connectivity index (χ0) is 24.2. The molecule has 0 aromatic heterocycles. The van der Waals surface area contributed by atoms with Crippen molar-refractivity contribution in [1.82, 2.24) is 0 Å². The lowest BCUT2D eigenvalue weighted by Crippen LogP contribution is -2.14. The molecular formula is C29H48O4. The number of benzene rings is 1. The van der Waals surface area contributed by atoms with Crippen LogP contribution >= 0.6 is 0 Å². The van der Waals surface area contributed by atoms with Crippen LogP contribution in [0.25, 0.3) is 0 Å². The maximum absolute atomic E-state index is 12.2. The highest BCUT2D eigenvalue weighted by Gasteiger charge is 2.21. The van der Waals surface area contributed by atoms with Gasteiger partial charge in [-0.25, -0.2) is 9.59 Å². The fourth-order valence-electron chi connectivity index (χ4n) is 4.37. The zero-order valence-corrected chi connectivity index (χ0v) is 21.3. The summed E-state index contributed by atoms with van der Waals surface area (Å²) in [6.07, 6.45) is 22.5. The number of carbonyl (C=O) groups excluding carboxylic acids is 1. The van der Waals surface area contributed by atoms with Crippen molar-refractivity contribution in [3.05, 3.63) is 34.9 Å². The minimum Gasteiger partial charge on any atom is -0.478 e. The predicted octanol–water partition coefficient (Wildman–Crippen LogP) is 8.76. The molecule has 0 radical (unpaired) electrons. The zero-order valence-electron chi connectivity index (χ0n) is 21.3. The molecule has 0 fully saturated rings. The van der Waals surface area contributed by atoms with Crippen LogP contribution in [0.5, 0.6) is 0 Å². The molecule has 1 aromatic rings. The quantitative estimate of drug-likeness (QED) is 0.147. The molecule has 0 saturated heterocycles. The summed E-state index contributed by atoms with van der Waals surface area (Å²) >= 11 is 0. The molecular weight excluding hydrogens is 412 g/mol. The van der Waals surface area contributed by atoms with Crippen LogP contribution in [0.15, 0.2) is 18.2 Å². The Kier molecular flexibility index (Phi) is 17.4.